The van der Waals surface area contributed by atoms with Crippen LogP contribution >= 0.6 is 0 Å². The molecule has 3 rings (SSSR count). The quantitative estimate of drug-likeness (QED) is 0.686. The first-order chi connectivity index (χ1) is 15.2. The van der Waals surface area contributed by atoms with E-state index in [4.69, 9.17) is 9.47 Å². The van der Waals surface area contributed by atoms with Gasteiger partial charge in [0.2, 0.25) is 5.91 Å². The Hall–Kier alpha value is -3.39. The molecule has 1 fully saturated rings. The van der Waals surface area contributed by atoms with Crippen molar-refractivity contribution in [1.82, 2.24) is 10.2 Å². The molecule has 0 bridgehead atoms. The average Bonchev–Trinajstić information content (AvgIpc) is 3.01. The normalized spacial score (nSPS) is 20.4. The van der Waals surface area contributed by atoms with Gasteiger partial charge in [0.15, 0.2) is 6.04 Å². The molecule has 0 aromatic heterocycles. The lowest BCUT2D eigenvalue weighted by molar-refractivity contribution is -0.156. The third-order valence-electron chi connectivity index (χ3n) is 5.35. The maximum absolute atomic E-state index is 13.5. The van der Waals surface area contributed by atoms with Gasteiger partial charge in [0.05, 0.1) is 6.10 Å². The highest BCUT2D eigenvalue weighted by molar-refractivity contribution is 5.90. The second-order valence-corrected chi connectivity index (χ2v) is 8.21. The molecule has 1 saturated heterocycles. The Morgan fingerprint density at radius 3 is 2.19 bits per heavy atom. The highest BCUT2D eigenvalue weighted by Crippen LogP contribution is 2.33. The maximum atomic E-state index is 13.5. The molecule has 2 N–H and O–H groups in total. The Labute approximate surface area is 187 Å². The molecule has 0 saturated carbocycles. The molecule has 0 radical (unpaired) electrons. The van der Waals surface area contributed by atoms with Crippen LogP contribution in [0.2, 0.25) is 0 Å². The van der Waals surface area contributed by atoms with E-state index in [-0.39, 0.29) is 13.0 Å². The van der Waals surface area contributed by atoms with Crippen molar-refractivity contribution in [1.29, 1.82) is 0 Å². The van der Waals surface area contributed by atoms with Crippen LogP contribution in [0.1, 0.15) is 31.9 Å². The lowest BCUT2D eigenvalue weighted by atomic mass is 10.0. The predicted molar refractivity (Wildman–Crippen MR) is 117 cm³/mol. The summed E-state index contributed by atoms with van der Waals surface area (Å²) in [4.78, 5) is 39.2. The molecule has 0 spiro atoms. The first-order valence-corrected chi connectivity index (χ1v) is 10.4. The number of carboxylic acid groups (broad SMARTS) is 1. The van der Waals surface area contributed by atoms with Gasteiger partial charge in [-0.25, -0.2) is 9.59 Å². The number of hydrogen-bond donors (Lipinski definition) is 2. The summed E-state index contributed by atoms with van der Waals surface area (Å²) in [6.45, 7) is 4.93. The smallest absolute Gasteiger partial charge is 0.408 e. The molecule has 2 aromatic rings. The van der Waals surface area contributed by atoms with E-state index < -0.39 is 41.9 Å². The molecule has 1 aliphatic heterocycles. The number of rotatable bonds is 7. The molecule has 2 amide bonds. The molecule has 170 valence electrons. The number of carboxylic acids is 1. The maximum Gasteiger partial charge on any atom is 0.408 e. The molecule has 2 aromatic carbocycles. The number of nitrogens with zero attached hydrogens (tertiary/aromatic N) is 1. The van der Waals surface area contributed by atoms with Crippen molar-refractivity contribution in [2.24, 2.45) is 0 Å². The van der Waals surface area contributed by atoms with E-state index in [2.05, 4.69) is 5.32 Å². The van der Waals surface area contributed by atoms with Gasteiger partial charge in [0, 0.05) is 6.42 Å². The fraction of sp³-hybridized carbons (Fsp3) is 0.375. The van der Waals surface area contributed by atoms with Crippen LogP contribution in [0.3, 0.4) is 0 Å². The summed E-state index contributed by atoms with van der Waals surface area (Å²) >= 11 is 0. The molecule has 8 nitrogen and oxygen atoms in total. The van der Waals surface area contributed by atoms with Gasteiger partial charge in [-0.3, -0.25) is 9.69 Å². The SMILES string of the molecule is C[C@H]1OC(C)(C)N(C(=O)[C@H](Cc2ccccc2)NC(=O)OCc2ccccc2)[C@@H]1C(=O)O. The monoisotopic (exact) mass is 440 g/mol. The van der Waals surface area contributed by atoms with E-state index >= 15 is 0 Å². The Bertz CT molecular complexity index is 947. The fourth-order valence-electron chi connectivity index (χ4n) is 3.96. The first-order valence-electron chi connectivity index (χ1n) is 10.4. The van der Waals surface area contributed by atoms with Gasteiger partial charge in [-0.15, -0.1) is 0 Å². The number of carbonyl (C=O) groups excluding carboxylic acids is 2. The number of carbonyl (C=O) groups is 3. The number of alkyl carbamates (subject to hydrolysis) is 1. The van der Waals surface area contributed by atoms with Crippen molar-refractivity contribution < 1.29 is 29.0 Å². The predicted octanol–water partition coefficient (Wildman–Crippen LogP) is 2.96. The molecule has 0 unspecified atom stereocenters. The standard InChI is InChI=1S/C24H28N2O6/c1-16-20(22(28)29)26(24(2,3)32-16)21(27)19(14-17-10-6-4-7-11-17)25-23(30)31-15-18-12-8-5-9-13-18/h4-13,16,19-20H,14-15H2,1-3H3,(H,25,30)(H,28,29)/t16-,19+,20+/m1/s1. The van der Waals surface area contributed by atoms with Crippen molar-refractivity contribution in [3.8, 4) is 0 Å². The molecule has 32 heavy (non-hydrogen) atoms. The second-order valence-electron chi connectivity index (χ2n) is 8.21. The summed E-state index contributed by atoms with van der Waals surface area (Å²) in [7, 11) is 0. The fourth-order valence-corrected chi connectivity index (χ4v) is 3.96. The van der Waals surface area contributed by atoms with Crippen LogP contribution in [-0.2, 0) is 32.1 Å². The van der Waals surface area contributed by atoms with Crippen LogP contribution in [0.4, 0.5) is 4.79 Å². The van der Waals surface area contributed by atoms with Crippen LogP contribution in [-0.4, -0.2) is 51.9 Å². The molecule has 1 aliphatic rings. The van der Waals surface area contributed by atoms with Gasteiger partial charge in [-0.05, 0) is 31.9 Å². The van der Waals surface area contributed by atoms with E-state index in [0.29, 0.717) is 0 Å². The summed E-state index contributed by atoms with van der Waals surface area (Å²) in [6.07, 6.45) is -1.29. The molecular formula is C24H28N2O6. The van der Waals surface area contributed by atoms with Crippen LogP contribution in [0.15, 0.2) is 60.7 Å². The highest BCUT2D eigenvalue weighted by atomic mass is 16.6. The molecule has 8 heteroatoms. The van der Waals surface area contributed by atoms with Crippen LogP contribution in [0.25, 0.3) is 0 Å². The summed E-state index contributed by atoms with van der Waals surface area (Å²) < 4.78 is 11.0. The van der Waals surface area contributed by atoms with E-state index in [1.54, 1.807) is 20.8 Å². The molecule has 0 aliphatic carbocycles. The van der Waals surface area contributed by atoms with Crippen molar-refractivity contribution in [2.75, 3.05) is 0 Å². The minimum atomic E-state index is -1.17. The Morgan fingerprint density at radius 1 is 1.06 bits per heavy atom. The third-order valence-corrected chi connectivity index (χ3v) is 5.35. The number of amides is 2. The number of nitrogens with one attached hydrogen (secondary N) is 1. The number of benzene rings is 2. The van der Waals surface area contributed by atoms with E-state index in [9.17, 15) is 19.5 Å². The van der Waals surface area contributed by atoms with Gasteiger partial charge >= 0.3 is 12.1 Å². The number of hydrogen-bond acceptors (Lipinski definition) is 5. The van der Waals surface area contributed by atoms with Crippen molar-refractivity contribution >= 4 is 18.0 Å². The number of aliphatic carboxylic acids is 1. The lowest BCUT2D eigenvalue weighted by Crippen LogP contribution is -2.58. The average molecular weight is 440 g/mol. The summed E-state index contributed by atoms with van der Waals surface area (Å²) in [5.74, 6) is -1.71. The third kappa shape index (κ3) is 5.45. The van der Waals surface area contributed by atoms with Gasteiger partial charge in [0.1, 0.15) is 18.4 Å². The van der Waals surface area contributed by atoms with Crippen molar-refractivity contribution in [3.63, 3.8) is 0 Å². The van der Waals surface area contributed by atoms with Crippen molar-refractivity contribution in [2.45, 2.75) is 57.7 Å². The zero-order valence-electron chi connectivity index (χ0n) is 18.4. The van der Waals surface area contributed by atoms with Gasteiger partial charge in [-0.1, -0.05) is 60.7 Å². The van der Waals surface area contributed by atoms with Crippen LogP contribution in [0.5, 0.6) is 0 Å². The lowest BCUT2D eigenvalue weighted by Gasteiger charge is -2.35. The Morgan fingerprint density at radius 2 is 1.62 bits per heavy atom. The van der Waals surface area contributed by atoms with Gasteiger partial charge in [-0.2, -0.15) is 0 Å². The van der Waals surface area contributed by atoms with E-state index in [1.165, 1.54) is 4.90 Å². The second kappa shape index (κ2) is 9.82. The number of ether oxygens (including phenoxy) is 2. The van der Waals surface area contributed by atoms with Crippen LogP contribution in [0, 0.1) is 0 Å². The van der Waals surface area contributed by atoms with E-state index in [0.717, 1.165) is 11.1 Å². The van der Waals surface area contributed by atoms with Gasteiger partial charge < -0.3 is 19.9 Å². The minimum absolute atomic E-state index is 0.0476. The van der Waals surface area contributed by atoms with Crippen LogP contribution < -0.4 is 5.32 Å². The zero-order chi connectivity index (χ0) is 23.3. The summed E-state index contributed by atoms with van der Waals surface area (Å²) in [5.41, 5.74) is 0.471. The minimum Gasteiger partial charge on any atom is -0.480 e. The largest absolute Gasteiger partial charge is 0.480 e. The molecule has 3 atom stereocenters. The Balaban J connectivity index is 1.80. The summed E-state index contributed by atoms with van der Waals surface area (Å²) in [6, 6.07) is 16.1. The van der Waals surface area contributed by atoms with E-state index in [1.807, 2.05) is 60.7 Å². The van der Waals surface area contributed by atoms with Crippen molar-refractivity contribution in [3.05, 3.63) is 71.8 Å². The highest BCUT2D eigenvalue weighted by Gasteiger charge is 2.52. The molecule has 1 heterocycles. The first kappa shape index (κ1) is 23.3. The topological polar surface area (TPSA) is 105 Å². The van der Waals surface area contributed by atoms with Gasteiger partial charge in [0.25, 0.3) is 0 Å². The zero-order valence-corrected chi connectivity index (χ0v) is 18.4. The Kier molecular flexibility index (Phi) is 7.15. The molecular weight excluding hydrogens is 412 g/mol. The summed E-state index contributed by atoms with van der Waals surface area (Å²) in [5, 5.41) is 12.3.